The molecule has 0 aromatic heterocycles. The Bertz CT molecular complexity index is 69.8. The number of unbranched alkanes of at least 4 members (excludes halogenated alkanes) is 1. The van der Waals surface area contributed by atoms with Crippen molar-refractivity contribution in [2.75, 3.05) is 5.75 Å². The van der Waals surface area contributed by atoms with Crippen molar-refractivity contribution >= 4 is 25.3 Å². The zero-order chi connectivity index (χ0) is 7.33. The second-order valence-electron chi connectivity index (χ2n) is 1.96. The molecule has 2 nitrogen and oxygen atoms in total. The van der Waals surface area contributed by atoms with E-state index in [-0.39, 0.29) is 0 Å². The van der Waals surface area contributed by atoms with Gasteiger partial charge in [0.2, 0.25) is 5.12 Å². The largest absolute Gasteiger partial charge is 0.357 e. The zero-order valence-electron chi connectivity index (χ0n) is 5.12. The second kappa shape index (κ2) is 4.44. The van der Waals surface area contributed by atoms with Gasteiger partial charge in [0, 0.05) is 6.42 Å². The minimum Gasteiger partial charge on any atom is -0.357 e. The van der Waals surface area contributed by atoms with Crippen molar-refractivity contribution in [2.45, 2.75) is 24.4 Å². The third-order valence-electron chi connectivity index (χ3n) is 0.920. The van der Waals surface area contributed by atoms with E-state index < -0.39 is 5.12 Å². The Kier molecular flexibility index (Phi) is 4.74. The molecular weight excluding hydrogens is 156 g/mol. The van der Waals surface area contributed by atoms with E-state index in [4.69, 9.17) is 10.2 Å². The lowest BCUT2D eigenvalue weighted by molar-refractivity contribution is -0.0801. The van der Waals surface area contributed by atoms with Crippen molar-refractivity contribution in [3.8, 4) is 0 Å². The highest BCUT2D eigenvalue weighted by Crippen LogP contribution is 2.14. The lowest BCUT2D eigenvalue weighted by Gasteiger charge is -2.12. The van der Waals surface area contributed by atoms with Crippen LogP contribution in [0, 0.1) is 0 Å². The van der Waals surface area contributed by atoms with Crippen molar-refractivity contribution in [3.05, 3.63) is 0 Å². The molecule has 0 aromatic rings. The van der Waals surface area contributed by atoms with E-state index in [1.807, 2.05) is 0 Å². The highest BCUT2D eigenvalue weighted by atomic mass is 32.1. The van der Waals surface area contributed by atoms with Crippen molar-refractivity contribution in [3.63, 3.8) is 0 Å². The van der Waals surface area contributed by atoms with E-state index in [9.17, 15) is 0 Å². The van der Waals surface area contributed by atoms with E-state index in [0.29, 0.717) is 6.42 Å². The number of hydrogen-bond donors (Lipinski definition) is 4. The Hall–Kier alpha value is 0.620. The van der Waals surface area contributed by atoms with Gasteiger partial charge in [0.1, 0.15) is 0 Å². The number of thiol groups is 2. The predicted octanol–water partition coefficient (Wildman–Crippen LogP) is 0.655. The molecule has 0 unspecified atom stereocenters. The molecule has 56 valence electrons. The molecule has 2 N–H and O–H groups in total. The normalized spacial score (nSPS) is 12.0. The van der Waals surface area contributed by atoms with Crippen LogP contribution in [0.2, 0.25) is 0 Å². The monoisotopic (exact) mass is 168 g/mol. The van der Waals surface area contributed by atoms with Crippen LogP contribution in [-0.2, 0) is 0 Å². The van der Waals surface area contributed by atoms with Crippen LogP contribution in [0.1, 0.15) is 19.3 Å². The average molecular weight is 168 g/mol. The fourth-order valence-electron chi connectivity index (χ4n) is 0.474. The molecular formula is C5H12O2S2. The Morgan fingerprint density at radius 2 is 1.78 bits per heavy atom. The number of aliphatic hydroxyl groups is 2. The van der Waals surface area contributed by atoms with Gasteiger partial charge in [-0.1, -0.05) is 0 Å². The van der Waals surface area contributed by atoms with Gasteiger partial charge in [-0.25, -0.2) is 0 Å². The molecule has 9 heavy (non-hydrogen) atoms. The average Bonchev–Trinajstić information content (AvgIpc) is 1.63. The summed E-state index contributed by atoms with van der Waals surface area (Å²) < 4.78 is 0. The summed E-state index contributed by atoms with van der Waals surface area (Å²) in [4.78, 5) is 0. The zero-order valence-corrected chi connectivity index (χ0v) is 6.91. The molecule has 0 aliphatic rings. The summed E-state index contributed by atoms with van der Waals surface area (Å²) in [5.41, 5.74) is 0. The van der Waals surface area contributed by atoms with E-state index in [2.05, 4.69) is 25.3 Å². The Morgan fingerprint density at radius 3 is 2.11 bits per heavy atom. The molecule has 0 atom stereocenters. The van der Waals surface area contributed by atoms with Crippen LogP contribution in [0.4, 0.5) is 0 Å². The summed E-state index contributed by atoms with van der Waals surface area (Å²) in [6.45, 7) is 0. The summed E-state index contributed by atoms with van der Waals surface area (Å²) in [5, 5.41) is 15.5. The van der Waals surface area contributed by atoms with Crippen molar-refractivity contribution in [1.82, 2.24) is 0 Å². The molecule has 0 bridgehead atoms. The standard InChI is InChI=1S/C5H12O2S2/c6-5(7,9)3-1-2-4-8/h6-9H,1-4H2. The molecule has 0 radical (unpaired) electrons. The summed E-state index contributed by atoms with van der Waals surface area (Å²) >= 11 is 7.48. The third-order valence-corrected chi connectivity index (χ3v) is 1.46. The molecule has 0 spiro atoms. The van der Waals surface area contributed by atoms with Gasteiger partial charge in [-0.05, 0) is 18.6 Å². The molecule has 0 aliphatic heterocycles. The maximum atomic E-state index is 8.64. The first kappa shape index (κ1) is 9.62. The lowest BCUT2D eigenvalue weighted by Crippen LogP contribution is -2.18. The van der Waals surface area contributed by atoms with Gasteiger partial charge in [-0.15, -0.1) is 12.6 Å². The maximum Gasteiger partial charge on any atom is 0.210 e. The van der Waals surface area contributed by atoms with E-state index in [0.717, 1.165) is 18.6 Å². The van der Waals surface area contributed by atoms with Gasteiger partial charge < -0.3 is 10.2 Å². The molecule has 0 aliphatic carbocycles. The molecule has 0 heterocycles. The molecule has 0 saturated carbocycles. The Balaban J connectivity index is 3.07. The molecule has 0 rings (SSSR count). The summed E-state index contributed by atoms with van der Waals surface area (Å²) in [5.74, 6) is 0.782. The van der Waals surface area contributed by atoms with Crippen LogP contribution >= 0.6 is 25.3 Å². The summed E-state index contributed by atoms with van der Waals surface area (Å²) in [6.07, 6.45) is 1.95. The van der Waals surface area contributed by atoms with Crippen LogP contribution in [0.3, 0.4) is 0 Å². The first-order chi connectivity index (χ1) is 4.06. The van der Waals surface area contributed by atoms with Crippen LogP contribution in [-0.4, -0.2) is 21.1 Å². The molecule has 0 fully saturated rings. The van der Waals surface area contributed by atoms with Crippen LogP contribution in [0.5, 0.6) is 0 Å². The molecule has 0 aromatic carbocycles. The topological polar surface area (TPSA) is 40.5 Å². The molecule has 4 heteroatoms. The van der Waals surface area contributed by atoms with Crippen LogP contribution < -0.4 is 0 Å². The van der Waals surface area contributed by atoms with Crippen molar-refractivity contribution in [1.29, 1.82) is 0 Å². The minimum atomic E-state index is -1.79. The van der Waals surface area contributed by atoms with Crippen molar-refractivity contribution in [2.24, 2.45) is 0 Å². The van der Waals surface area contributed by atoms with Gasteiger partial charge >= 0.3 is 0 Å². The van der Waals surface area contributed by atoms with Crippen LogP contribution in [0.15, 0.2) is 0 Å². The third kappa shape index (κ3) is 8.62. The number of hydrogen-bond acceptors (Lipinski definition) is 4. The second-order valence-corrected chi connectivity index (χ2v) is 3.12. The highest BCUT2D eigenvalue weighted by Gasteiger charge is 2.14. The molecule has 0 saturated heterocycles. The van der Waals surface area contributed by atoms with Crippen LogP contribution in [0.25, 0.3) is 0 Å². The van der Waals surface area contributed by atoms with Crippen molar-refractivity contribution < 1.29 is 10.2 Å². The SMILES string of the molecule is OC(O)(S)CCCCS. The molecule has 0 amide bonds. The minimum absolute atomic E-state index is 0.302. The highest BCUT2D eigenvalue weighted by molar-refractivity contribution is 7.81. The smallest absolute Gasteiger partial charge is 0.210 e. The van der Waals surface area contributed by atoms with E-state index in [1.54, 1.807) is 0 Å². The Morgan fingerprint density at radius 1 is 1.22 bits per heavy atom. The first-order valence-corrected chi connectivity index (χ1v) is 3.92. The fraction of sp³-hybridized carbons (Fsp3) is 1.00. The summed E-state index contributed by atoms with van der Waals surface area (Å²) in [7, 11) is 0. The number of rotatable bonds is 4. The summed E-state index contributed by atoms with van der Waals surface area (Å²) in [6, 6.07) is 0. The van der Waals surface area contributed by atoms with E-state index in [1.165, 1.54) is 0 Å². The Labute approximate surface area is 66.1 Å². The van der Waals surface area contributed by atoms with Gasteiger partial charge in [0.25, 0.3) is 0 Å². The van der Waals surface area contributed by atoms with E-state index >= 15 is 0 Å². The van der Waals surface area contributed by atoms with Gasteiger partial charge in [0.05, 0.1) is 0 Å². The van der Waals surface area contributed by atoms with Gasteiger partial charge in [-0.2, -0.15) is 12.6 Å². The maximum absolute atomic E-state index is 8.64. The first-order valence-electron chi connectivity index (χ1n) is 2.84. The quantitative estimate of drug-likeness (QED) is 0.283. The van der Waals surface area contributed by atoms with Gasteiger partial charge in [0.15, 0.2) is 0 Å². The fourth-order valence-corrected chi connectivity index (χ4v) is 0.856. The lowest BCUT2D eigenvalue weighted by atomic mass is 10.2. The van der Waals surface area contributed by atoms with Gasteiger partial charge in [-0.3, -0.25) is 0 Å². The predicted molar refractivity (Wildman–Crippen MR) is 43.9 cm³/mol.